The molecule has 1 aromatic carbocycles. The van der Waals surface area contributed by atoms with E-state index in [0.29, 0.717) is 3.92 Å². The lowest BCUT2D eigenvalue weighted by atomic mass is 10.1. The Morgan fingerprint density at radius 2 is 1.92 bits per heavy atom. The zero-order valence-corrected chi connectivity index (χ0v) is 9.97. The van der Waals surface area contributed by atoms with Crippen molar-refractivity contribution in [1.29, 1.82) is 0 Å². The van der Waals surface area contributed by atoms with E-state index in [1.807, 2.05) is 12.1 Å². The van der Waals surface area contributed by atoms with Gasteiger partial charge in [-0.05, 0) is 24.1 Å². The van der Waals surface area contributed by atoms with Crippen LogP contribution in [0, 0.1) is 0 Å². The van der Waals surface area contributed by atoms with Crippen molar-refractivity contribution < 1.29 is 0 Å². The molecule has 0 spiro atoms. The number of rotatable bonds is 3. The minimum absolute atomic E-state index is 0.630. The first-order chi connectivity index (χ1) is 5.74. The van der Waals surface area contributed by atoms with E-state index in [1.165, 1.54) is 18.4 Å². The third-order valence-corrected chi connectivity index (χ3v) is 3.37. The fraction of sp³-hybridized carbons (Fsp3) is 0.400. The van der Waals surface area contributed by atoms with E-state index < -0.39 is 0 Å². The van der Waals surface area contributed by atoms with Crippen molar-refractivity contribution in [3.63, 3.8) is 0 Å². The quantitative estimate of drug-likeness (QED) is 0.564. The molecular weight excluding hydrogens is 282 g/mol. The van der Waals surface area contributed by atoms with Gasteiger partial charge in [0.2, 0.25) is 0 Å². The van der Waals surface area contributed by atoms with Crippen LogP contribution in [-0.2, 0) is 0 Å². The van der Waals surface area contributed by atoms with E-state index in [9.17, 15) is 0 Å². The Balaban J connectivity index is 2.68. The SMILES string of the molecule is CCCC(I)c1ccc(Cl)cc1. The lowest BCUT2D eigenvalue weighted by Crippen LogP contribution is -1.87. The van der Waals surface area contributed by atoms with Crippen molar-refractivity contribution in [2.75, 3.05) is 0 Å². The normalized spacial score (nSPS) is 12.9. The lowest BCUT2D eigenvalue weighted by molar-refractivity contribution is 0.799. The Labute approximate surface area is 92.5 Å². The molecular formula is C10H12ClI. The third-order valence-electron chi connectivity index (χ3n) is 1.77. The summed E-state index contributed by atoms with van der Waals surface area (Å²) in [5.74, 6) is 0. The molecule has 1 aromatic rings. The first-order valence-electron chi connectivity index (χ1n) is 4.13. The average molecular weight is 295 g/mol. The summed E-state index contributed by atoms with van der Waals surface area (Å²) in [6.45, 7) is 2.21. The second kappa shape index (κ2) is 5.07. The summed E-state index contributed by atoms with van der Waals surface area (Å²) in [4.78, 5) is 0. The van der Waals surface area contributed by atoms with Crippen LogP contribution < -0.4 is 0 Å². The molecule has 0 aromatic heterocycles. The van der Waals surface area contributed by atoms with Gasteiger partial charge in [-0.3, -0.25) is 0 Å². The fourth-order valence-corrected chi connectivity index (χ4v) is 2.26. The Morgan fingerprint density at radius 1 is 1.33 bits per heavy atom. The molecule has 1 atom stereocenters. The maximum absolute atomic E-state index is 5.79. The molecule has 0 saturated heterocycles. The van der Waals surface area contributed by atoms with Gasteiger partial charge in [0.05, 0.1) is 0 Å². The molecule has 0 fully saturated rings. The minimum atomic E-state index is 0.630. The number of halogens is 2. The Kier molecular flexibility index (Phi) is 4.36. The summed E-state index contributed by atoms with van der Waals surface area (Å²) in [6.07, 6.45) is 2.47. The molecule has 0 aliphatic carbocycles. The maximum atomic E-state index is 5.79. The van der Waals surface area contributed by atoms with Crippen LogP contribution in [0.3, 0.4) is 0 Å². The molecule has 0 heterocycles. The second-order valence-electron chi connectivity index (χ2n) is 2.81. The van der Waals surface area contributed by atoms with Crippen LogP contribution in [0.4, 0.5) is 0 Å². The average Bonchev–Trinajstić information content (AvgIpc) is 2.06. The van der Waals surface area contributed by atoms with Gasteiger partial charge < -0.3 is 0 Å². The second-order valence-corrected chi connectivity index (χ2v) is 4.75. The van der Waals surface area contributed by atoms with E-state index in [0.717, 1.165) is 5.02 Å². The molecule has 0 N–H and O–H groups in total. The third kappa shape index (κ3) is 2.94. The summed E-state index contributed by atoms with van der Waals surface area (Å²) < 4.78 is 0.630. The molecule has 12 heavy (non-hydrogen) atoms. The van der Waals surface area contributed by atoms with E-state index in [4.69, 9.17) is 11.6 Å². The van der Waals surface area contributed by atoms with Crippen LogP contribution in [0.1, 0.15) is 29.3 Å². The van der Waals surface area contributed by atoms with E-state index in [-0.39, 0.29) is 0 Å². The van der Waals surface area contributed by atoms with Crippen molar-refractivity contribution >= 4 is 34.2 Å². The monoisotopic (exact) mass is 294 g/mol. The van der Waals surface area contributed by atoms with Gasteiger partial charge in [0.1, 0.15) is 0 Å². The predicted molar refractivity (Wildman–Crippen MR) is 63.1 cm³/mol. The number of hydrogen-bond acceptors (Lipinski definition) is 0. The highest BCUT2D eigenvalue weighted by atomic mass is 127. The fourth-order valence-electron chi connectivity index (χ4n) is 1.09. The first-order valence-corrected chi connectivity index (χ1v) is 5.76. The molecule has 0 radical (unpaired) electrons. The van der Waals surface area contributed by atoms with Gasteiger partial charge >= 0.3 is 0 Å². The molecule has 1 unspecified atom stereocenters. The maximum Gasteiger partial charge on any atom is 0.0406 e. The van der Waals surface area contributed by atoms with Crippen LogP contribution in [0.15, 0.2) is 24.3 Å². The predicted octanol–water partition coefficient (Wildman–Crippen LogP) is 4.62. The summed E-state index contributed by atoms with van der Waals surface area (Å²) in [7, 11) is 0. The topological polar surface area (TPSA) is 0 Å². The van der Waals surface area contributed by atoms with Gasteiger partial charge in [-0.2, -0.15) is 0 Å². The summed E-state index contributed by atoms with van der Waals surface area (Å²) >= 11 is 8.27. The van der Waals surface area contributed by atoms with Crippen molar-refractivity contribution in [1.82, 2.24) is 0 Å². The highest BCUT2D eigenvalue weighted by Crippen LogP contribution is 2.28. The van der Waals surface area contributed by atoms with E-state index in [1.54, 1.807) is 0 Å². The van der Waals surface area contributed by atoms with Gasteiger partial charge in [-0.1, -0.05) is 59.7 Å². The van der Waals surface area contributed by atoms with Gasteiger partial charge in [0.25, 0.3) is 0 Å². The number of benzene rings is 1. The number of hydrogen-bond donors (Lipinski definition) is 0. The van der Waals surface area contributed by atoms with Gasteiger partial charge in [0.15, 0.2) is 0 Å². The van der Waals surface area contributed by atoms with Crippen LogP contribution in [0.5, 0.6) is 0 Å². The molecule has 0 saturated carbocycles. The largest absolute Gasteiger partial charge is 0.0843 e. The molecule has 66 valence electrons. The summed E-state index contributed by atoms with van der Waals surface area (Å²) in [6, 6.07) is 8.13. The van der Waals surface area contributed by atoms with Crippen molar-refractivity contribution in [2.45, 2.75) is 23.7 Å². The zero-order chi connectivity index (χ0) is 8.97. The Morgan fingerprint density at radius 3 is 2.42 bits per heavy atom. The Bertz CT molecular complexity index is 230. The van der Waals surface area contributed by atoms with Crippen LogP contribution in [-0.4, -0.2) is 0 Å². The minimum Gasteiger partial charge on any atom is -0.0843 e. The standard InChI is InChI=1S/C10H12ClI/c1-2-3-10(12)8-4-6-9(11)7-5-8/h4-7,10H,2-3H2,1H3. The van der Waals surface area contributed by atoms with Crippen molar-refractivity contribution in [2.24, 2.45) is 0 Å². The van der Waals surface area contributed by atoms with Gasteiger partial charge in [-0.15, -0.1) is 0 Å². The summed E-state index contributed by atoms with van der Waals surface area (Å²) in [5, 5.41) is 0.818. The van der Waals surface area contributed by atoms with Crippen molar-refractivity contribution in [3.05, 3.63) is 34.9 Å². The molecule has 1 rings (SSSR count). The van der Waals surface area contributed by atoms with Crippen molar-refractivity contribution in [3.8, 4) is 0 Å². The lowest BCUT2D eigenvalue weighted by Gasteiger charge is -2.07. The Hall–Kier alpha value is 0.240. The highest BCUT2D eigenvalue weighted by molar-refractivity contribution is 14.1. The highest BCUT2D eigenvalue weighted by Gasteiger charge is 2.04. The molecule has 2 heteroatoms. The molecule has 0 amide bonds. The molecule has 0 aliphatic rings. The van der Waals surface area contributed by atoms with Crippen LogP contribution in [0.2, 0.25) is 5.02 Å². The van der Waals surface area contributed by atoms with E-state index in [2.05, 4.69) is 41.6 Å². The smallest absolute Gasteiger partial charge is 0.0406 e. The van der Waals surface area contributed by atoms with Crippen LogP contribution in [0.25, 0.3) is 0 Å². The van der Waals surface area contributed by atoms with Gasteiger partial charge in [0, 0.05) is 8.95 Å². The van der Waals surface area contributed by atoms with E-state index >= 15 is 0 Å². The molecule has 0 bridgehead atoms. The molecule has 0 aliphatic heterocycles. The molecule has 0 nitrogen and oxygen atoms in total. The van der Waals surface area contributed by atoms with Gasteiger partial charge in [-0.25, -0.2) is 0 Å². The first kappa shape index (κ1) is 10.3. The van der Waals surface area contributed by atoms with Crippen LogP contribution >= 0.6 is 34.2 Å². The summed E-state index contributed by atoms with van der Waals surface area (Å²) in [5.41, 5.74) is 1.38. The number of alkyl halides is 1. The zero-order valence-electron chi connectivity index (χ0n) is 7.06.